The smallest absolute Gasteiger partial charge is 0.309 e. The van der Waals surface area contributed by atoms with Crippen molar-refractivity contribution in [2.75, 3.05) is 38.7 Å². The molecule has 0 amide bonds. The summed E-state index contributed by atoms with van der Waals surface area (Å²) in [7, 11) is -1.14. The quantitative estimate of drug-likeness (QED) is 0.0429. The van der Waals surface area contributed by atoms with Gasteiger partial charge in [0.2, 0.25) is 0 Å². The SMILES string of the molecule is COC(=O)Cc1ccc(Cc2nc3c(-c4cnc5ccccc5c4)cnn3c(N(COCC[Si](C)(C)C)COCC[Si](C)(C)C)c2Br)cc1. The van der Waals surface area contributed by atoms with Crippen LogP contribution in [0.3, 0.4) is 0 Å². The molecule has 0 aliphatic heterocycles. The number of aromatic nitrogens is 4. The number of anilines is 1. The second-order valence-electron chi connectivity index (χ2n) is 14.9. The number of hydrogen-bond acceptors (Lipinski definition) is 8. The summed E-state index contributed by atoms with van der Waals surface area (Å²) in [4.78, 5) is 23.9. The summed E-state index contributed by atoms with van der Waals surface area (Å²) < 4.78 is 20.2. The van der Waals surface area contributed by atoms with Crippen LogP contribution in [0, 0.1) is 0 Å². The van der Waals surface area contributed by atoms with Crippen LogP contribution in [-0.4, -0.2) is 75.5 Å². The highest BCUT2D eigenvalue weighted by Crippen LogP contribution is 2.35. The molecule has 5 rings (SSSR count). The zero-order valence-corrected chi connectivity index (χ0v) is 33.3. The zero-order chi connectivity index (χ0) is 35.2. The van der Waals surface area contributed by atoms with E-state index in [-0.39, 0.29) is 12.4 Å². The molecule has 0 spiro atoms. The monoisotopic (exact) mass is 761 g/mol. The number of para-hydroxylation sites is 1. The average molecular weight is 763 g/mol. The number of methoxy groups -OCH3 is 1. The van der Waals surface area contributed by atoms with Gasteiger partial charge in [-0.3, -0.25) is 9.78 Å². The number of ether oxygens (including phenoxy) is 3. The number of pyridine rings is 1. The van der Waals surface area contributed by atoms with Crippen LogP contribution in [-0.2, 0) is 31.8 Å². The van der Waals surface area contributed by atoms with Gasteiger partial charge in [-0.1, -0.05) is 81.7 Å². The summed E-state index contributed by atoms with van der Waals surface area (Å²) >= 11 is 3.96. The van der Waals surface area contributed by atoms with Gasteiger partial charge in [0, 0.05) is 58.5 Å². The minimum Gasteiger partial charge on any atom is -0.469 e. The van der Waals surface area contributed by atoms with E-state index in [0.29, 0.717) is 33.1 Å². The second-order valence-corrected chi connectivity index (χ2v) is 26.9. The first-order valence-corrected chi connectivity index (χ1v) is 25.0. The van der Waals surface area contributed by atoms with Crippen molar-refractivity contribution in [1.82, 2.24) is 19.6 Å². The van der Waals surface area contributed by atoms with Crippen LogP contribution in [0.4, 0.5) is 5.82 Å². The Bertz CT molecular complexity index is 1860. The predicted molar refractivity (Wildman–Crippen MR) is 207 cm³/mol. The van der Waals surface area contributed by atoms with Gasteiger partial charge in [0.15, 0.2) is 11.5 Å². The molecule has 0 atom stereocenters. The van der Waals surface area contributed by atoms with E-state index in [9.17, 15) is 4.79 Å². The van der Waals surface area contributed by atoms with Crippen LogP contribution < -0.4 is 4.90 Å². The van der Waals surface area contributed by atoms with Gasteiger partial charge in [-0.05, 0) is 51.3 Å². The van der Waals surface area contributed by atoms with E-state index in [1.807, 2.05) is 59.4 Å². The maximum absolute atomic E-state index is 11.8. The molecule has 0 N–H and O–H groups in total. The number of carbonyl (C=O) groups excluding carboxylic acids is 1. The molecule has 5 aromatic rings. The fourth-order valence-electron chi connectivity index (χ4n) is 5.29. The Morgan fingerprint density at radius 3 is 2.14 bits per heavy atom. The molecule has 0 aliphatic carbocycles. The largest absolute Gasteiger partial charge is 0.469 e. The van der Waals surface area contributed by atoms with Gasteiger partial charge in [-0.25, -0.2) is 4.98 Å². The van der Waals surface area contributed by atoms with Gasteiger partial charge in [0.25, 0.3) is 0 Å². The minimum absolute atomic E-state index is 0.234. The molecule has 0 fully saturated rings. The molecule has 3 heterocycles. The molecule has 0 saturated carbocycles. The molecule has 0 aliphatic rings. The predicted octanol–water partition coefficient (Wildman–Crippen LogP) is 8.44. The van der Waals surface area contributed by atoms with Gasteiger partial charge in [-0.2, -0.15) is 9.61 Å². The maximum atomic E-state index is 11.8. The summed E-state index contributed by atoms with van der Waals surface area (Å²) in [5, 5.41) is 5.95. The molecule has 260 valence electrons. The van der Waals surface area contributed by atoms with Crippen molar-refractivity contribution in [3.8, 4) is 11.1 Å². The van der Waals surface area contributed by atoms with Crippen molar-refractivity contribution in [2.45, 2.75) is 64.2 Å². The highest BCUT2D eigenvalue weighted by atomic mass is 79.9. The summed E-state index contributed by atoms with van der Waals surface area (Å²) in [6.07, 6.45) is 4.55. The number of hydrogen-bond donors (Lipinski definition) is 0. The molecular weight excluding hydrogens is 715 g/mol. The summed E-state index contributed by atoms with van der Waals surface area (Å²) in [5.74, 6) is 0.561. The van der Waals surface area contributed by atoms with Gasteiger partial charge in [0.1, 0.15) is 13.5 Å². The number of fused-ring (bicyclic) bond motifs is 2. The number of carbonyl (C=O) groups is 1. The van der Waals surface area contributed by atoms with Crippen molar-refractivity contribution in [3.63, 3.8) is 0 Å². The Kier molecular flexibility index (Phi) is 12.1. The minimum atomic E-state index is -1.28. The van der Waals surface area contributed by atoms with Crippen molar-refractivity contribution in [1.29, 1.82) is 0 Å². The van der Waals surface area contributed by atoms with Gasteiger partial charge in [0.05, 0.1) is 35.4 Å². The van der Waals surface area contributed by atoms with E-state index >= 15 is 0 Å². The van der Waals surface area contributed by atoms with Gasteiger partial charge >= 0.3 is 5.97 Å². The van der Waals surface area contributed by atoms with Crippen molar-refractivity contribution in [3.05, 3.63) is 88.3 Å². The van der Waals surface area contributed by atoms with Crippen LogP contribution in [0.5, 0.6) is 0 Å². The van der Waals surface area contributed by atoms with Crippen molar-refractivity contribution < 1.29 is 19.0 Å². The summed E-state index contributed by atoms with van der Waals surface area (Å²) in [5.41, 5.74) is 6.31. The molecule has 9 nitrogen and oxygen atoms in total. The van der Waals surface area contributed by atoms with Crippen molar-refractivity contribution in [2.24, 2.45) is 0 Å². The van der Waals surface area contributed by atoms with Gasteiger partial charge < -0.3 is 19.1 Å². The van der Waals surface area contributed by atoms with Crippen LogP contribution >= 0.6 is 15.9 Å². The Hall–Kier alpha value is -3.43. The third-order valence-electron chi connectivity index (χ3n) is 8.29. The maximum Gasteiger partial charge on any atom is 0.309 e. The lowest BCUT2D eigenvalue weighted by atomic mass is 10.0. The summed E-state index contributed by atoms with van der Waals surface area (Å²) in [6.45, 7) is 16.2. The van der Waals surface area contributed by atoms with Gasteiger partial charge in [-0.15, -0.1) is 0 Å². The Morgan fingerprint density at radius 2 is 1.51 bits per heavy atom. The van der Waals surface area contributed by atoms with Crippen LogP contribution in [0.15, 0.2) is 71.5 Å². The van der Waals surface area contributed by atoms with Crippen LogP contribution in [0.25, 0.3) is 27.7 Å². The van der Waals surface area contributed by atoms with E-state index in [0.717, 1.165) is 66.9 Å². The molecule has 0 saturated heterocycles. The summed E-state index contributed by atoms with van der Waals surface area (Å²) in [6, 6.07) is 20.4. The van der Waals surface area contributed by atoms with Crippen molar-refractivity contribution >= 4 is 60.4 Å². The first-order chi connectivity index (χ1) is 23.3. The fourth-order valence-corrected chi connectivity index (χ4v) is 7.45. The third kappa shape index (κ3) is 10.1. The molecule has 2 aromatic carbocycles. The van der Waals surface area contributed by atoms with E-state index < -0.39 is 16.1 Å². The molecule has 0 radical (unpaired) electrons. The number of esters is 1. The Morgan fingerprint density at radius 1 is 0.878 bits per heavy atom. The molecule has 0 unspecified atom stereocenters. The number of halogens is 1. The van der Waals surface area contributed by atoms with E-state index in [1.54, 1.807) is 0 Å². The van der Waals surface area contributed by atoms with Crippen LogP contribution in [0.2, 0.25) is 51.4 Å². The number of benzene rings is 2. The van der Waals surface area contributed by atoms with E-state index in [4.69, 9.17) is 29.3 Å². The zero-order valence-electron chi connectivity index (χ0n) is 29.8. The number of nitrogens with zero attached hydrogens (tertiary/aromatic N) is 5. The Labute approximate surface area is 300 Å². The third-order valence-corrected chi connectivity index (χ3v) is 12.5. The second kappa shape index (κ2) is 16.1. The Balaban J connectivity index is 1.57. The molecular formula is C37H48BrN5O4Si2. The first-order valence-electron chi connectivity index (χ1n) is 16.8. The van der Waals surface area contributed by atoms with E-state index in [2.05, 4.69) is 72.2 Å². The topological polar surface area (TPSA) is 91.1 Å². The van der Waals surface area contributed by atoms with Crippen LogP contribution in [0.1, 0.15) is 16.8 Å². The molecule has 12 heteroatoms. The highest BCUT2D eigenvalue weighted by Gasteiger charge is 2.24. The standard InChI is InChI=1S/C37H48BrN5O4Si2/c1-45-34(44)21-28-14-12-27(13-15-28)20-33-35(38)37(42(25-46-16-18-48(2,3)4)26-47-17-19-49(5,6)7)43-36(41-33)31(24-40-43)30-22-29-10-8-9-11-32(29)39-23-30/h8-15,22-24H,16-21,25-26H2,1-7H3. The molecule has 49 heavy (non-hydrogen) atoms. The first kappa shape index (κ1) is 36.8. The lowest BCUT2D eigenvalue weighted by Gasteiger charge is -2.28. The number of rotatable bonds is 16. The normalized spacial score (nSPS) is 12.2. The fraction of sp³-hybridized carbons (Fsp3) is 0.405. The lowest BCUT2D eigenvalue weighted by Crippen LogP contribution is -2.33. The average Bonchev–Trinajstić information content (AvgIpc) is 3.47. The molecule has 0 bridgehead atoms. The molecule has 3 aromatic heterocycles. The van der Waals surface area contributed by atoms with E-state index in [1.165, 1.54) is 7.11 Å². The highest BCUT2D eigenvalue weighted by molar-refractivity contribution is 9.10. The lowest BCUT2D eigenvalue weighted by molar-refractivity contribution is -0.139.